The van der Waals surface area contributed by atoms with Crippen LogP contribution >= 0.6 is 23.1 Å². The molecule has 2 N–H and O–H groups in total. The monoisotopic (exact) mass is 366 g/mol. The van der Waals surface area contributed by atoms with E-state index in [9.17, 15) is 4.39 Å². The van der Waals surface area contributed by atoms with Crippen LogP contribution in [0.3, 0.4) is 0 Å². The van der Waals surface area contributed by atoms with E-state index in [1.165, 1.54) is 10.9 Å². The molecule has 1 aromatic carbocycles. The van der Waals surface area contributed by atoms with Crippen molar-refractivity contribution < 1.29 is 4.39 Å². The number of thiazole rings is 1. The van der Waals surface area contributed by atoms with Crippen LogP contribution < -0.4 is 10.6 Å². The molecule has 0 bridgehead atoms. The highest BCUT2D eigenvalue weighted by molar-refractivity contribution is 7.98. The summed E-state index contributed by atoms with van der Waals surface area (Å²) < 4.78 is 13.5. The van der Waals surface area contributed by atoms with Crippen molar-refractivity contribution in [2.45, 2.75) is 26.1 Å². The van der Waals surface area contributed by atoms with Gasteiger partial charge in [0.15, 0.2) is 5.96 Å². The molecule has 1 heterocycles. The number of halogens is 1. The molecule has 0 spiro atoms. The second-order valence-corrected chi connectivity index (χ2v) is 7.56. The van der Waals surface area contributed by atoms with Gasteiger partial charge in [0, 0.05) is 35.7 Å². The molecule has 0 radical (unpaired) electrons. The maximum atomic E-state index is 13.5. The van der Waals surface area contributed by atoms with Crippen LogP contribution in [0.2, 0.25) is 0 Å². The summed E-state index contributed by atoms with van der Waals surface area (Å²) in [6, 6.07) is 6.92. The largest absolute Gasteiger partial charge is 0.357 e. The molecule has 0 saturated heterocycles. The summed E-state index contributed by atoms with van der Waals surface area (Å²) in [5.74, 6) is 2.22. The predicted octanol–water partition coefficient (Wildman–Crippen LogP) is 3.58. The van der Waals surface area contributed by atoms with Crippen LogP contribution in [0.15, 0.2) is 35.5 Å². The first kappa shape index (κ1) is 18.7. The van der Waals surface area contributed by atoms with Gasteiger partial charge in [-0.25, -0.2) is 14.4 Å². The van der Waals surface area contributed by atoms with E-state index >= 15 is 0 Å². The summed E-state index contributed by atoms with van der Waals surface area (Å²) in [6.07, 6.45) is 1.87. The molecule has 130 valence electrons. The van der Waals surface area contributed by atoms with Crippen molar-refractivity contribution in [3.05, 3.63) is 51.7 Å². The standard InChI is InChI=1S/C17H23FN4S2/c1-3-19-17(22-11-16-21-10-13(2)24-16)20-8-9-23-12-14-6-4-5-7-15(14)18/h4-7,10H,3,8-9,11-12H2,1-2H3,(H2,19,20,22). The van der Waals surface area contributed by atoms with E-state index in [2.05, 4.69) is 20.6 Å². The van der Waals surface area contributed by atoms with E-state index in [4.69, 9.17) is 0 Å². The van der Waals surface area contributed by atoms with Gasteiger partial charge in [0.2, 0.25) is 0 Å². The molecule has 0 fully saturated rings. The van der Waals surface area contributed by atoms with Gasteiger partial charge >= 0.3 is 0 Å². The van der Waals surface area contributed by atoms with Crippen molar-refractivity contribution in [2.24, 2.45) is 4.99 Å². The minimum atomic E-state index is -0.133. The Kier molecular flexibility index (Phi) is 8.04. The number of aromatic nitrogens is 1. The minimum absolute atomic E-state index is 0.133. The summed E-state index contributed by atoms with van der Waals surface area (Å²) in [4.78, 5) is 10.1. The van der Waals surface area contributed by atoms with Crippen LogP contribution in [0.5, 0.6) is 0 Å². The maximum absolute atomic E-state index is 13.5. The SMILES string of the molecule is CCNC(=NCc1ncc(C)s1)NCCSCc1ccccc1F. The molecule has 4 nitrogen and oxygen atoms in total. The maximum Gasteiger partial charge on any atom is 0.191 e. The average Bonchev–Trinajstić information content (AvgIpc) is 2.99. The van der Waals surface area contributed by atoms with Crippen molar-refractivity contribution in [1.29, 1.82) is 0 Å². The Morgan fingerprint density at radius 3 is 2.88 bits per heavy atom. The Labute approximate surface area is 151 Å². The zero-order chi connectivity index (χ0) is 17.2. The summed E-state index contributed by atoms with van der Waals surface area (Å²) in [5.41, 5.74) is 0.752. The van der Waals surface area contributed by atoms with Gasteiger partial charge in [0.05, 0.1) is 6.54 Å². The number of rotatable bonds is 8. The summed E-state index contributed by atoms with van der Waals surface area (Å²) in [5, 5.41) is 7.54. The van der Waals surface area contributed by atoms with Gasteiger partial charge < -0.3 is 10.6 Å². The van der Waals surface area contributed by atoms with Crippen molar-refractivity contribution >= 4 is 29.1 Å². The van der Waals surface area contributed by atoms with Crippen LogP contribution in [-0.4, -0.2) is 29.8 Å². The quantitative estimate of drug-likeness (QED) is 0.426. The third-order valence-electron chi connectivity index (χ3n) is 3.14. The van der Waals surface area contributed by atoms with Crippen LogP contribution in [0.1, 0.15) is 22.4 Å². The Morgan fingerprint density at radius 1 is 1.33 bits per heavy atom. The fourth-order valence-corrected chi connectivity index (χ4v) is 3.56. The number of guanidine groups is 1. The number of hydrogen-bond acceptors (Lipinski definition) is 4. The van der Waals surface area contributed by atoms with Gasteiger partial charge in [-0.1, -0.05) is 18.2 Å². The lowest BCUT2D eigenvalue weighted by Crippen LogP contribution is -2.38. The average molecular weight is 367 g/mol. The van der Waals surface area contributed by atoms with E-state index in [-0.39, 0.29) is 5.82 Å². The molecule has 2 aromatic rings. The van der Waals surface area contributed by atoms with E-state index in [0.29, 0.717) is 12.3 Å². The predicted molar refractivity (Wildman–Crippen MR) is 102 cm³/mol. The second kappa shape index (κ2) is 10.3. The van der Waals surface area contributed by atoms with Crippen molar-refractivity contribution in [1.82, 2.24) is 15.6 Å². The number of nitrogens with zero attached hydrogens (tertiary/aromatic N) is 2. The molecule has 2 rings (SSSR count). The number of aliphatic imine (C=N–C) groups is 1. The summed E-state index contributed by atoms with van der Waals surface area (Å²) in [7, 11) is 0. The highest BCUT2D eigenvalue weighted by Crippen LogP contribution is 2.14. The van der Waals surface area contributed by atoms with E-state index in [1.807, 2.05) is 32.2 Å². The molecule has 7 heteroatoms. The lowest BCUT2D eigenvalue weighted by atomic mass is 10.2. The Hall–Kier alpha value is -1.60. The lowest BCUT2D eigenvalue weighted by Gasteiger charge is -2.11. The van der Waals surface area contributed by atoms with Crippen molar-refractivity contribution in [3.8, 4) is 0 Å². The molecule has 0 aliphatic carbocycles. The molecule has 1 aromatic heterocycles. The highest BCUT2D eigenvalue weighted by Gasteiger charge is 2.02. The first-order valence-corrected chi connectivity index (χ1v) is 9.90. The van der Waals surface area contributed by atoms with Gasteiger partial charge in [0.1, 0.15) is 10.8 Å². The number of benzene rings is 1. The fourth-order valence-electron chi connectivity index (χ4n) is 2.00. The van der Waals surface area contributed by atoms with Crippen LogP contribution in [-0.2, 0) is 12.3 Å². The van der Waals surface area contributed by atoms with Crippen LogP contribution in [0, 0.1) is 12.7 Å². The molecule has 0 unspecified atom stereocenters. The zero-order valence-corrected chi connectivity index (χ0v) is 15.6. The molecular formula is C17H23FN4S2. The molecule has 0 aliphatic heterocycles. The molecule has 24 heavy (non-hydrogen) atoms. The van der Waals surface area contributed by atoms with Gasteiger partial charge in [-0.15, -0.1) is 11.3 Å². The topological polar surface area (TPSA) is 49.3 Å². The second-order valence-electron chi connectivity index (χ2n) is 5.13. The van der Waals surface area contributed by atoms with E-state index < -0.39 is 0 Å². The van der Waals surface area contributed by atoms with E-state index in [0.717, 1.165) is 35.4 Å². The first-order chi connectivity index (χ1) is 11.7. The number of thioether (sulfide) groups is 1. The Balaban J connectivity index is 1.72. The normalized spacial score (nSPS) is 11.5. The lowest BCUT2D eigenvalue weighted by molar-refractivity contribution is 0.617. The zero-order valence-electron chi connectivity index (χ0n) is 14.0. The molecule has 0 saturated carbocycles. The minimum Gasteiger partial charge on any atom is -0.357 e. The van der Waals surface area contributed by atoms with Gasteiger partial charge in [0.25, 0.3) is 0 Å². The molecule has 0 aliphatic rings. The molecule has 0 atom stereocenters. The summed E-state index contributed by atoms with van der Waals surface area (Å²) in [6.45, 7) is 6.25. The van der Waals surface area contributed by atoms with Gasteiger partial charge in [-0.2, -0.15) is 11.8 Å². The fraction of sp³-hybridized carbons (Fsp3) is 0.412. The third-order valence-corrected chi connectivity index (χ3v) is 5.05. The van der Waals surface area contributed by atoms with Crippen molar-refractivity contribution in [2.75, 3.05) is 18.8 Å². The van der Waals surface area contributed by atoms with Crippen LogP contribution in [0.4, 0.5) is 4.39 Å². The van der Waals surface area contributed by atoms with Crippen molar-refractivity contribution in [3.63, 3.8) is 0 Å². The number of hydrogen-bond donors (Lipinski definition) is 2. The Morgan fingerprint density at radius 2 is 2.17 bits per heavy atom. The number of aryl methyl sites for hydroxylation is 1. The summed E-state index contributed by atoms with van der Waals surface area (Å²) >= 11 is 3.37. The molecule has 0 amide bonds. The first-order valence-electron chi connectivity index (χ1n) is 7.93. The number of nitrogens with one attached hydrogen (secondary N) is 2. The Bertz CT molecular complexity index is 658. The highest BCUT2D eigenvalue weighted by atomic mass is 32.2. The van der Waals surface area contributed by atoms with Crippen LogP contribution in [0.25, 0.3) is 0 Å². The van der Waals surface area contributed by atoms with Gasteiger partial charge in [-0.05, 0) is 25.5 Å². The van der Waals surface area contributed by atoms with Gasteiger partial charge in [-0.3, -0.25) is 0 Å². The van der Waals surface area contributed by atoms with E-state index in [1.54, 1.807) is 29.2 Å². The smallest absolute Gasteiger partial charge is 0.191 e. The molecular weight excluding hydrogens is 343 g/mol. The third kappa shape index (κ3) is 6.49.